The van der Waals surface area contributed by atoms with E-state index < -0.39 is 6.61 Å². The molecular formula is C19H17ClF2N6O3. The Hall–Kier alpha value is -3.15. The van der Waals surface area contributed by atoms with Gasteiger partial charge >= 0.3 is 12.6 Å². The average Bonchev–Trinajstić information content (AvgIpc) is 2.78. The quantitative estimate of drug-likeness (QED) is 0.557. The largest absolute Gasteiger partial charge is 0.432 e. The molecule has 0 saturated carbocycles. The summed E-state index contributed by atoms with van der Waals surface area (Å²) in [4.78, 5) is 15.9. The predicted molar refractivity (Wildman–Crippen MR) is 107 cm³/mol. The summed E-state index contributed by atoms with van der Waals surface area (Å²) >= 11 is 6.39. The third-order valence-electron chi connectivity index (χ3n) is 4.21. The Balaban J connectivity index is 1.37. The molecule has 3 heterocycles. The molecular weight excluding hydrogens is 434 g/mol. The second kappa shape index (κ2) is 9.77. The molecule has 31 heavy (non-hydrogen) atoms. The van der Waals surface area contributed by atoms with E-state index in [1.54, 1.807) is 0 Å². The van der Waals surface area contributed by atoms with E-state index >= 15 is 0 Å². The van der Waals surface area contributed by atoms with Gasteiger partial charge < -0.3 is 24.8 Å². The lowest BCUT2D eigenvalue weighted by atomic mass is 10.1. The zero-order valence-corrected chi connectivity index (χ0v) is 16.7. The number of hydrogen-bond donors (Lipinski definition) is 2. The van der Waals surface area contributed by atoms with Gasteiger partial charge in [-0.2, -0.15) is 18.7 Å². The molecule has 1 aliphatic heterocycles. The third-order valence-corrected chi connectivity index (χ3v) is 4.52. The summed E-state index contributed by atoms with van der Waals surface area (Å²) in [6.07, 6.45) is 4.93. The highest BCUT2D eigenvalue weighted by Gasteiger charge is 2.17. The van der Waals surface area contributed by atoms with E-state index in [1.807, 2.05) is 18.2 Å². The molecule has 0 aliphatic carbocycles. The summed E-state index contributed by atoms with van der Waals surface area (Å²) in [7, 11) is 0. The van der Waals surface area contributed by atoms with Crippen LogP contribution in [-0.2, 0) is 4.74 Å². The van der Waals surface area contributed by atoms with Crippen molar-refractivity contribution in [3.8, 4) is 17.5 Å². The smallest absolute Gasteiger partial charge is 0.387 e. The summed E-state index contributed by atoms with van der Waals surface area (Å²) < 4.78 is 39.6. The van der Waals surface area contributed by atoms with E-state index in [0.29, 0.717) is 23.3 Å². The Morgan fingerprint density at radius 1 is 1.10 bits per heavy atom. The fourth-order valence-corrected chi connectivity index (χ4v) is 3.03. The first-order valence-electron chi connectivity index (χ1n) is 9.22. The zero-order valence-electron chi connectivity index (χ0n) is 16.0. The third kappa shape index (κ3) is 5.72. The molecule has 162 valence electrons. The van der Waals surface area contributed by atoms with Crippen molar-refractivity contribution >= 4 is 23.2 Å². The van der Waals surface area contributed by atoms with Crippen LogP contribution >= 0.6 is 11.6 Å². The molecule has 0 radical (unpaired) electrons. The van der Waals surface area contributed by atoms with Gasteiger partial charge in [0.1, 0.15) is 0 Å². The van der Waals surface area contributed by atoms with Crippen LogP contribution in [0.25, 0.3) is 0 Å². The Kier molecular flexibility index (Phi) is 6.65. The molecule has 0 amide bonds. The second-order valence-corrected chi connectivity index (χ2v) is 6.76. The van der Waals surface area contributed by atoms with Gasteiger partial charge in [-0.15, -0.1) is 0 Å². The molecule has 0 spiro atoms. The zero-order chi connectivity index (χ0) is 21.6. The standard InChI is InChI=1S/C19H17ClF2N6O3/c20-14-5-11(16-10-23-3-4-29-16)1-2-15(14)28-18-24-6-13(7-25-18)31-19-26-8-12(9-27-19)30-17(21)22/h1-2,5-9,16-17,23H,3-4,10H2,(H,24,25,28). The van der Waals surface area contributed by atoms with Crippen LogP contribution < -0.4 is 20.1 Å². The van der Waals surface area contributed by atoms with Crippen LogP contribution in [0.1, 0.15) is 11.7 Å². The summed E-state index contributed by atoms with van der Waals surface area (Å²) in [5.74, 6) is 0.392. The lowest BCUT2D eigenvalue weighted by molar-refractivity contribution is -0.0503. The fourth-order valence-electron chi connectivity index (χ4n) is 2.79. The molecule has 3 aromatic rings. The van der Waals surface area contributed by atoms with Crippen LogP contribution in [0.3, 0.4) is 0 Å². The van der Waals surface area contributed by atoms with Crippen LogP contribution in [-0.4, -0.2) is 46.2 Å². The van der Waals surface area contributed by atoms with Crippen molar-refractivity contribution in [1.29, 1.82) is 0 Å². The Morgan fingerprint density at radius 2 is 1.84 bits per heavy atom. The topological polar surface area (TPSA) is 103 Å². The molecule has 4 rings (SSSR count). The Morgan fingerprint density at radius 3 is 2.48 bits per heavy atom. The SMILES string of the molecule is FC(F)Oc1cnc(Oc2cnc(Nc3ccc(C4CNCCO4)cc3Cl)nc2)nc1. The van der Waals surface area contributed by atoms with E-state index in [2.05, 4.69) is 35.3 Å². The molecule has 9 nitrogen and oxygen atoms in total. The molecule has 1 unspecified atom stereocenters. The maximum atomic E-state index is 12.1. The highest BCUT2D eigenvalue weighted by molar-refractivity contribution is 6.33. The molecule has 0 bridgehead atoms. The number of hydrogen-bond acceptors (Lipinski definition) is 9. The number of ether oxygens (including phenoxy) is 3. The molecule has 12 heteroatoms. The summed E-state index contributed by atoms with van der Waals surface area (Å²) in [6, 6.07) is 5.55. The molecule has 1 fully saturated rings. The van der Waals surface area contributed by atoms with Gasteiger partial charge in [0.2, 0.25) is 5.95 Å². The first kappa shape index (κ1) is 21.1. The first-order chi connectivity index (χ1) is 15.1. The van der Waals surface area contributed by atoms with Crippen LogP contribution in [0.15, 0.2) is 43.0 Å². The van der Waals surface area contributed by atoms with E-state index in [-0.39, 0.29) is 23.6 Å². The van der Waals surface area contributed by atoms with Crippen LogP contribution in [0.5, 0.6) is 17.5 Å². The van der Waals surface area contributed by atoms with Gasteiger partial charge in [0.15, 0.2) is 11.5 Å². The van der Waals surface area contributed by atoms with Crippen molar-refractivity contribution in [2.45, 2.75) is 12.7 Å². The summed E-state index contributed by atoms with van der Waals surface area (Å²) in [5, 5.41) is 6.82. The Bertz CT molecular complexity index is 1000. The van der Waals surface area contributed by atoms with Gasteiger partial charge in [0.25, 0.3) is 0 Å². The lowest BCUT2D eigenvalue weighted by Crippen LogP contribution is -2.33. The molecule has 1 aromatic carbocycles. The van der Waals surface area contributed by atoms with Gasteiger partial charge in [-0.05, 0) is 17.7 Å². The highest BCUT2D eigenvalue weighted by atomic mass is 35.5. The van der Waals surface area contributed by atoms with Crippen LogP contribution in [0, 0.1) is 0 Å². The van der Waals surface area contributed by atoms with Crippen LogP contribution in [0.2, 0.25) is 5.02 Å². The highest BCUT2D eigenvalue weighted by Crippen LogP contribution is 2.29. The maximum absolute atomic E-state index is 12.1. The number of morpholine rings is 1. The Labute approximate surface area is 180 Å². The molecule has 1 atom stereocenters. The molecule has 1 aliphatic rings. The lowest BCUT2D eigenvalue weighted by Gasteiger charge is -2.24. The number of rotatable bonds is 7. The van der Waals surface area contributed by atoms with Crippen molar-refractivity contribution in [3.05, 3.63) is 53.6 Å². The fraction of sp³-hybridized carbons (Fsp3) is 0.263. The molecule has 2 aromatic heterocycles. The number of nitrogens with one attached hydrogen (secondary N) is 2. The minimum Gasteiger partial charge on any atom is -0.432 e. The van der Waals surface area contributed by atoms with Gasteiger partial charge in [-0.1, -0.05) is 17.7 Å². The number of nitrogens with zero attached hydrogens (tertiary/aromatic N) is 4. The summed E-state index contributed by atoms with van der Waals surface area (Å²) in [5.41, 5.74) is 1.62. The van der Waals surface area contributed by atoms with E-state index in [0.717, 1.165) is 31.0 Å². The number of aromatic nitrogens is 4. The normalized spacial score (nSPS) is 16.2. The summed E-state index contributed by atoms with van der Waals surface area (Å²) in [6.45, 7) is -0.722. The number of anilines is 2. The van der Waals surface area contributed by atoms with Gasteiger partial charge in [-0.25, -0.2) is 9.97 Å². The van der Waals surface area contributed by atoms with Gasteiger partial charge in [0.05, 0.1) is 48.2 Å². The minimum atomic E-state index is -2.95. The van der Waals surface area contributed by atoms with Gasteiger partial charge in [0, 0.05) is 13.1 Å². The predicted octanol–water partition coefficient (Wildman–Crippen LogP) is 3.72. The number of alkyl halides is 2. The molecule has 1 saturated heterocycles. The van der Waals surface area contributed by atoms with E-state index in [4.69, 9.17) is 21.1 Å². The van der Waals surface area contributed by atoms with Crippen molar-refractivity contribution in [3.63, 3.8) is 0 Å². The number of benzene rings is 1. The average molecular weight is 451 g/mol. The van der Waals surface area contributed by atoms with Crippen molar-refractivity contribution in [2.24, 2.45) is 0 Å². The van der Waals surface area contributed by atoms with Crippen molar-refractivity contribution < 1.29 is 23.0 Å². The van der Waals surface area contributed by atoms with Crippen molar-refractivity contribution in [2.75, 3.05) is 25.0 Å². The van der Waals surface area contributed by atoms with Crippen LogP contribution in [0.4, 0.5) is 20.4 Å². The maximum Gasteiger partial charge on any atom is 0.387 e. The monoisotopic (exact) mass is 450 g/mol. The molecule has 2 N–H and O–H groups in total. The minimum absolute atomic E-state index is 0.0359. The second-order valence-electron chi connectivity index (χ2n) is 6.35. The van der Waals surface area contributed by atoms with E-state index in [1.165, 1.54) is 12.4 Å². The first-order valence-corrected chi connectivity index (χ1v) is 9.60. The number of halogens is 3. The van der Waals surface area contributed by atoms with E-state index in [9.17, 15) is 8.78 Å². The van der Waals surface area contributed by atoms with Crippen molar-refractivity contribution in [1.82, 2.24) is 25.3 Å². The van der Waals surface area contributed by atoms with Gasteiger partial charge in [-0.3, -0.25) is 0 Å².